The Hall–Kier alpha value is -1.93. The van der Waals surface area contributed by atoms with Gasteiger partial charge in [0.25, 0.3) is 0 Å². The summed E-state index contributed by atoms with van der Waals surface area (Å²) >= 11 is 0. The summed E-state index contributed by atoms with van der Waals surface area (Å²) in [6.07, 6.45) is 1.47. The molecule has 8 heteroatoms. The van der Waals surface area contributed by atoms with Crippen molar-refractivity contribution in [3.8, 4) is 0 Å². The number of carboxylic acids is 1. The predicted molar refractivity (Wildman–Crippen MR) is 82.7 cm³/mol. The van der Waals surface area contributed by atoms with Gasteiger partial charge in [-0.05, 0) is 43.0 Å². The van der Waals surface area contributed by atoms with Crippen LogP contribution < -0.4 is 4.90 Å². The molecule has 1 aromatic carbocycles. The topological polar surface area (TPSA) is 95.0 Å². The third-order valence-electron chi connectivity index (χ3n) is 4.42. The molecule has 7 nitrogen and oxygen atoms in total. The molecule has 0 radical (unpaired) electrons. The average molecular weight is 338 g/mol. The molecule has 1 aromatic rings. The summed E-state index contributed by atoms with van der Waals surface area (Å²) in [4.78, 5) is 24.5. The van der Waals surface area contributed by atoms with Crippen molar-refractivity contribution in [3.63, 3.8) is 0 Å². The van der Waals surface area contributed by atoms with E-state index in [2.05, 4.69) is 0 Å². The Labute approximate surface area is 134 Å². The van der Waals surface area contributed by atoms with E-state index in [1.54, 1.807) is 17.0 Å². The van der Waals surface area contributed by atoms with Crippen LogP contribution in [0, 0.1) is 0 Å². The second-order valence-corrected chi connectivity index (χ2v) is 7.71. The number of carbonyl (C=O) groups is 2. The van der Waals surface area contributed by atoms with Crippen LogP contribution in [-0.2, 0) is 26.0 Å². The zero-order chi connectivity index (χ0) is 16.8. The third kappa shape index (κ3) is 2.61. The molecular weight excluding hydrogens is 320 g/mol. The smallest absolute Gasteiger partial charge is 0.322 e. The van der Waals surface area contributed by atoms with Crippen molar-refractivity contribution >= 4 is 27.6 Å². The van der Waals surface area contributed by atoms with Crippen LogP contribution in [0.25, 0.3) is 0 Å². The number of benzene rings is 1. The van der Waals surface area contributed by atoms with E-state index in [1.807, 2.05) is 0 Å². The Morgan fingerprint density at radius 3 is 2.65 bits per heavy atom. The fraction of sp³-hybridized carbons (Fsp3) is 0.467. The predicted octanol–water partition coefficient (Wildman–Crippen LogP) is 0.833. The molecule has 0 aromatic heterocycles. The van der Waals surface area contributed by atoms with Crippen molar-refractivity contribution in [1.29, 1.82) is 0 Å². The number of carbonyl (C=O) groups excluding carboxylic acids is 1. The van der Waals surface area contributed by atoms with E-state index in [1.165, 1.54) is 13.0 Å². The van der Waals surface area contributed by atoms with Crippen molar-refractivity contribution in [3.05, 3.63) is 23.8 Å². The Morgan fingerprint density at radius 2 is 2.00 bits per heavy atom. The van der Waals surface area contributed by atoms with Crippen LogP contribution in [0.15, 0.2) is 23.1 Å². The highest BCUT2D eigenvalue weighted by molar-refractivity contribution is 7.89. The maximum absolute atomic E-state index is 12.7. The minimum absolute atomic E-state index is 0.0789. The molecule has 23 heavy (non-hydrogen) atoms. The monoisotopic (exact) mass is 338 g/mol. The van der Waals surface area contributed by atoms with Crippen molar-refractivity contribution < 1.29 is 23.1 Å². The first kappa shape index (κ1) is 15.9. The van der Waals surface area contributed by atoms with E-state index >= 15 is 0 Å². The number of amides is 1. The molecular formula is C15H18N2O5S. The lowest BCUT2D eigenvalue weighted by atomic mass is 10.2. The number of nitrogens with zero attached hydrogens (tertiary/aromatic N) is 2. The molecule has 0 unspecified atom stereocenters. The van der Waals surface area contributed by atoms with Gasteiger partial charge in [0.15, 0.2) is 0 Å². The van der Waals surface area contributed by atoms with Gasteiger partial charge in [-0.15, -0.1) is 0 Å². The molecule has 0 aliphatic carbocycles. The Morgan fingerprint density at radius 1 is 1.26 bits per heavy atom. The van der Waals surface area contributed by atoms with E-state index in [-0.39, 0.29) is 17.3 Å². The summed E-state index contributed by atoms with van der Waals surface area (Å²) in [5, 5.41) is 9.19. The molecule has 2 aliphatic rings. The Bertz CT molecular complexity index is 774. The van der Waals surface area contributed by atoms with E-state index in [0.29, 0.717) is 25.8 Å². The molecule has 3 rings (SSSR count). The SMILES string of the molecule is CC(=O)N1CCc2cc(S(=O)(=O)N3CCC[C@@H]3C(=O)O)ccc21. The van der Waals surface area contributed by atoms with Gasteiger partial charge < -0.3 is 10.0 Å². The highest BCUT2D eigenvalue weighted by Gasteiger charge is 2.39. The van der Waals surface area contributed by atoms with Gasteiger partial charge in [-0.1, -0.05) is 0 Å². The number of fused-ring (bicyclic) bond motifs is 1. The number of anilines is 1. The van der Waals surface area contributed by atoms with Gasteiger partial charge in [0, 0.05) is 25.7 Å². The molecule has 2 aliphatic heterocycles. The minimum atomic E-state index is -3.84. The number of hydrogen-bond acceptors (Lipinski definition) is 4. The number of sulfonamides is 1. The third-order valence-corrected chi connectivity index (χ3v) is 6.33. The first-order valence-corrected chi connectivity index (χ1v) is 8.92. The van der Waals surface area contributed by atoms with E-state index in [4.69, 9.17) is 0 Å². The highest BCUT2D eigenvalue weighted by atomic mass is 32.2. The van der Waals surface area contributed by atoms with Gasteiger partial charge in [0.05, 0.1) is 4.90 Å². The second-order valence-electron chi connectivity index (χ2n) is 5.82. The Kier molecular flexibility index (Phi) is 3.89. The van der Waals surface area contributed by atoms with Crippen LogP contribution in [0.4, 0.5) is 5.69 Å². The standard InChI is InChI=1S/C15H18N2O5S/c1-10(18)16-8-6-11-9-12(4-5-13(11)16)23(21,22)17-7-2-3-14(17)15(19)20/h4-5,9,14H,2-3,6-8H2,1H3,(H,19,20)/t14-/m1/s1. The molecule has 1 N–H and O–H groups in total. The molecule has 2 heterocycles. The molecule has 1 atom stereocenters. The maximum atomic E-state index is 12.7. The summed E-state index contributed by atoms with van der Waals surface area (Å²) in [5.41, 5.74) is 1.53. The van der Waals surface area contributed by atoms with E-state index < -0.39 is 22.0 Å². The second kappa shape index (κ2) is 5.61. The molecule has 0 spiro atoms. The van der Waals surface area contributed by atoms with Crippen molar-refractivity contribution in [2.24, 2.45) is 0 Å². The van der Waals surface area contributed by atoms with Crippen LogP contribution in [0.2, 0.25) is 0 Å². The summed E-state index contributed by atoms with van der Waals surface area (Å²) < 4.78 is 26.6. The molecule has 124 valence electrons. The minimum Gasteiger partial charge on any atom is -0.480 e. The first-order chi connectivity index (χ1) is 10.8. The number of hydrogen-bond donors (Lipinski definition) is 1. The van der Waals surface area contributed by atoms with Gasteiger partial charge in [-0.2, -0.15) is 4.31 Å². The van der Waals surface area contributed by atoms with Crippen LogP contribution >= 0.6 is 0 Å². The molecule has 1 amide bonds. The molecule has 1 saturated heterocycles. The summed E-state index contributed by atoms with van der Waals surface area (Å²) in [6, 6.07) is 3.64. The van der Waals surface area contributed by atoms with Crippen molar-refractivity contribution in [1.82, 2.24) is 4.31 Å². The number of aliphatic carboxylic acids is 1. The van der Waals surface area contributed by atoms with Gasteiger partial charge in [-0.3, -0.25) is 9.59 Å². The zero-order valence-electron chi connectivity index (χ0n) is 12.7. The number of carboxylic acid groups (broad SMARTS) is 1. The molecule has 0 saturated carbocycles. The summed E-state index contributed by atoms with van der Waals surface area (Å²) in [6.45, 7) is 2.23. The summed E-state index contributed by atoms with van der Waals surface area (Å²) in [5.74, 6) is -1.19. The highest BCUT2D eigenvalue weighted by Crippen LogP contribution is 2.33. The van der Waals surface area contributed by atoms with Crippen molar-refractivity contribution in [2.75, 3.05) is 18.0 Å². The first-order valence-electron chi connectivity index (χ1n) is 7.48. The lowest BCUT2D eigenvalue weighted by molar-refractivity contribution is -0.140. The lowest BCUT2D eigenvalue weighted by Gasteiger charge is -2.21. The van der Waals surface area contributed by atoms with Gasteiger partial charge >= 0.3 is 5.97 Å². The average Bonchev–Trinajstić information content (AvgIpc) is 3.13. The largest absolute Gasteiger partial charge is 0.480 e. The van der Waals surface area contributed by atoms with E-state index in [0.717, 1.165) is 15.6 Å². The number of rotatable bonds is 3. The van der Waals surface area contributed by atoms with E-state index in [9.17, 15) is 23.1 Å². The normalized spacial score (nSPS) is 21.4. The fourth-order valence-electron chi connectivity index (χ4n) is 3.28. The maximum Gasteiger partial charge on any atom is 0.322 e. The lowest BCUT2D eigenvalue weighted by Crippen LogP contribution is -2.40. The van der Waals surface area contributed by atoms with Crippen LogP contribution in [0.5, 0.6) is 0 Å². The van der Waals surface area contributed by atoms with Crippen LogP contribution in [0.1, 0.15) is 25.3 Å². The molecule has 1 fully saturated rings. The van der Waals surface area contributed by atoms with Gasteiger partial charge in [-0.25, -0.2) is 8.42 Å². The fourth-order valence-corrected chi connectivity index (χ4v) is 4.98. The quantitative estimate of drug-likeness (QED) is 0.881. The summed E-state index contributed by atoms with van der Waals surface area (Å²) in [7, 11) is -3.84. The van der Waals surface area contributed by atoms with Gasteiger partial charge in [0.1, 0.15) is 6.04 Å². The van der Waals surface area contributed by atoms with Gasteiger partial charge in [0.2, 0.25) is 15.9 Å². The molecule has 0 bridgehead atoms. The van der Waals surface area contributed by atoms with Crippen molar-refractivity contribution in [2.45, 2.75) is 37.1 Å². The van der Waals surface area contributed by atoms with Crippen LogP contribution in [0.3, 0.4) is 0 Å². The zero-order valence-corrected chi connectivity index (χ0v) is 13.5. The Balaban J connectivity index is 1.96. The van der Waals surface area contributed by atoms with Crippen LogP contribution in [-0.4, -0.2) is 48.8 Å².